The Kier molecular flexibility index (Phi) is 7.71. The molecule has 106 valence electrons. The van der Waals surface area contributed by atoms with Crippen LogP contribution in [-0.4, -0.2) is 18.0 Å². The van der Waals surface area contributed by atoms with Gasteiger partial charge in [-0.15, -0.1) is 0 Å². The molecule has 1 aromatic rings. The molecule has 0 radical (unpaired) electrons. The Morgan fingerprint density at radius 1 is 1.11 bits per heavy atom. The van der Waals surface area contributed by atoms with E-state index in [-0.39, 0.29) is 11.3 Å². The Bertz CT molecular complexity index is 374. The quantitative estimate of drug-likeness (QED) is 0.505. The van der Waals surface area contributed by atoms with E-state index in [1.807, 2.05) is 0 Å². The Labute approximate surface area is 115 Å². The first-order chi connectivity index (χ1) is 9.27. The molecule has 0 spiro atoms. The van der Waals surface area contributed by atoms with Gasteiger partial charge in [0.15, 0.2) is 6.29 Å². The number of phenols is 1. The van der Waals surface area contributed by atoms with Gasteiger partial charge < -0.3 is 9.84 Å². The Morgan fingerprint density at radius 3 is 2.47 bits per heavy atom. The van der Waals surface area contributed by atoms with Crippen LogP contribution in [0, 0.1) is 0 Å². The predicted molar refractivity (Wildman–Crippen MR) is 77.0 cm³/mol. The average Bonchev–Trinajstić information content (AvgIpc) is 2.43. The second-order valence-corrected chi connectivity index (χ2v) is 4.81. The predicted octanol–water partition coefficient (Wildman–Crippen LogP) is 4.33. The van der Waals surface area contributed by atoms with Crippen molar-refractivity contribution in [2.24, 2.45) is 0 Å². The van der Waals surface area contributed by atoms with Crippen molar-refractivity contribution in [2.75, 3.05) is 6.61 Å². The largest absolute Gasteiger partial charge is 0.507 e. The molecule has 0 aliphatic heterocycles. The number of phenolic OH excluding ortho intramolecular Hbond substituents is 1. The third-order valence-corrected chi connectivity index (χ3v) is 3.14. The highest BCUT2D eigenvalue weighted by Crippen LogP contribution is 2.21. The molecule has 1 aromatic carbocycles. The van der Waals surface area contributed by atoms with Crippen molar-refractivity contribution in [1.29, 1.82) is 0 Å². The first kappa shape index (κ1) is 15.5. The van der Waals surface area contributed by atoms with Crippen LogP contribution in [0.4, 0.5) is 0 Å². The van der Waals surface area contributed by atoms with Gasteiger partial charge in [-0.3, -0.25) is 4.79 Å². The molecule has 3 heteroatoms. The van der Waals surface area contributed by atoms with Crippen LogP contribution in [0.5, 0.6) is 11.5 Å². The molecule has 0 aromatic heterocycles. The van der Waals surface area contributed by atoms with Crippen LogP contribution in [0.2, 0.25) is 0 Å². The minimum absolute atomic E-state index is 0.00160. The van der Waals surface area contributed by atoms with Crippen molar-refractivity contribution in [2.45, 2.75) is 51.9 Å². The number of aromatic hydroxyl groups is 1. The van der Waals surface area contributed by atoms with Crippen molar-refractivity contribution in [1.82, 2.24) is 0 Å². The maximum absolute atomic E-state index is 10.7. The highest BCUT2D eigenvalue weighted by molar-refractivity contribution is 5.79. The van der Waals surface area contributed by atoms with E-state index in [0.717, 1.165) is 6.42 Å². The second kappa shape index (κ2) is 9.42. The fraction of sp³-hybridized carbons (Fsp3) is 0.562. The molecule has 0 amide bonds. The molecule has 0 unspecified atom stereocenters. The van der Waals surface area contributed by atoms with Crippen molar-refractivity contribution in [3.8, 4) is 11.5 Å². The van der Waals surface area contributed by atoms with Gasteiger partial charge in [-0.1, -0.05) is 45.4 Å². The number of aldehydes is 1. The summed E-state index contributed by atoms with van der Waals surface area (Å²) >= 11 is 0. The lowest BCUT2D eigenvalue weighted by atomic mass is 10.1. The molecular formula is C16H24O3. The SMILES string of the molecule is CCCCCCCCCOc1ccc(O)c(C=O)c1. The number of unbranched alkanes of at least 4 members (excludes halogenated alkanes) is 6. The maximum Gasteiger partial charge on any atom is 0.153 e. The normalized spacial score (nSPS) is 10.4. The van der Waals surface area contributed by atoms with Gasteiger partial charge in [-0.2, -0.15) is 0 Å². The van der Waals surface area contributed by atoms with Gasteiger partial charge in [-0.25, -0.2) is 0 Å². The molecule has 0 fully saturated rings. The number of hydrogen-bond donors (Lipinski definition) is 1. The minimum Gasteiger partial charge on any atom is -0.507 e. The Hall–Kier alpha value is -1.51. The van der Waals surface area contributed by atoms with Crippen LogP contribution in [0.3, 0.4) is 0 Å². The minimum atomic E-state index is -0.00160. The highest BCUT2D eigenvalue weighted by Gasteiger charge is 2.02. The zero-order chi connectivity index (χ0) is 13.9. The first-order valence-corrected chi connectivity index (χ1v) is 7.19. The van der Waals surface area contributed by atoms with Crippen molar-refractivity contribution in [3.63, 3.8) is 0 Å². The lowest BCUT2D eigenvalue weighted by Gasteiger charge is -2.07. The van der Waals surface area contributed by atoms with E-state index in [4.69, 9.17) is 4.74 Å². The summed E-state index contributed by atoms with van der Waals surface area (Å²) in [6.45, 7) is 2.88. The number of carbonyl (C=O) groups excluding carboxylic acids is 1. The van der Waals surface area contributed by atoms with Gasteiger partial charge in [0.25, 0.3) is 0 Å². The molecule has 19 heavy (non-hydrogen) atoms. The van der Waals surface area contributed by atoms with Crippen molar-refractivity contribution in [3.05, 3.63) is 23.8 Å². The molecule has 1 N–H and O–H groups in total. The van der Waals surface area contributed by atoms with Gasteiger partial charge in [0, 0.05) is 0 Å². The zero-order valence-electron chi connectivity index (χ0n) is 11.7. The van der Waals surface area contributed by atoms with Gasteiger partial charge in [0.05, 0.1) is 12.2 Å². The third-order valence-electron chi connectivity index (χ3n) is 3.14. The Morgan fingerprint density at radius 2 is 1.79 bits per heavy atom. The summed E-state index contributed by atoms with van der Waals surface area (Å²) in [6.07, 6.45) is 9.36. The van der Waals surface area contributed by atoms with Gasteiger partial charge >= 0.3 is 0 Å². The highest BCUT2D eigenvalue weighted by atomic mass is 16.5. The van der Waals surface area contributed by atoms with E-state index < -0.39 is 0 Å². The standard InChI is InChI=1S/C16H24O3/c1-2-3-4-5-6-7-8-11-19-15-9-10-16(18)14(12-15)13-17/h9-10,12-13,18H,2-8,11H2,1H3. The summed E-state index contributed by atoms with van der Waals surface area (Å²) in [5.74, 6) is 0.643. The van der Waals surface area contributed by atoms with E-state index in [2.05, 4.69) is 6.92 Å². The number of rotatable bonds is 10. The summed E-state index contributed by atoms with van der Waals surface area (Å²) < 4.78 is 5.56. The first-order valence-electron chi connectivity index (χ1n) is 7.19. The van der Waals surface area contributed by atoms with E-state index >= 15 is 0 Å². The van der Waals surface area contributed by atoms with Crippen LogP contribution in [0.25, 0.3) is 0 Å². The van der Waals surface area contributed by atoms with Crippen LogP contribution in [0.15, 0.2) is 18.2 Å². The smallest absolute Gasteiger partial charge is 0.153 e. The van der Waals surface area contributed by atoms with Gasteiger partial charge in [-0.05, 0) is 24.6 Å². The molecule has 1 rings (SSSR count). The number of ether oxygens (including phenoxy) is 1. The van der Waals surface area contributed by atoms with E-state index in [9.17, 15) is 9.90 Å². The number of benzene rings is 1. The lowest BCUT2D eigenvalue weighted by Crippen LogP contribution is -1.98. The molecule has 0 atom stereocenters. The summed E-state index contributed by atoms with van der Waals surface area (Å²) in [6, 6.07) is 4.75. The molecule has 0 saturated carbocycles. The van der Waals surface area contributed by atoms with Crippen LogP contribution in [-0.2, 0) is 0 Å². The fourth-order valence-corrected chi connectivity index (χ4v) is 1.97. The van der Waals surface area contributed by atoms with E-state index in [1.165, 1.54) is 44.6 Å². The molecule has 3 nitrogen and oxygen atoms in total. The Balaban J connectivity index is 2.14. The maximum atomic E-state index is 10.7. The monoisotopic (exact) mass is 264 g/mol. The van der Waals surface area contributed by atoms with Crippen LogP contribution in [0.1, 0.15) is 62.2 Å². The summed E-state index contributed by atoms with van der Waals surface area (Å²) in [7, 11) is 0. The van der Waals surface area contributed by atoms with Gasteiger partial charge in [0.2, 0.25) is 0 Å². The van der Waals surface area contributed by atoms with Gasteiger partial charge in [0.1, 0.15) is 11.5 Å². The van der Waals surface area contributed by atoms with E-state index in [0.29, 0.717) is 18.6 Å². The second-order valence-electron chi connectivity index (χ2n) is 4.81. The lowest BCUT2D eigenvalue weighted by molar-refractivity contribution is 0.112. The summed E-state index contributed by atoms with van der Waals surface area (Å²) in [4.78, 5) is 10.7. The molecule has 0 aliphatic carbocycles. The van der Waals surface area contributed by atoms with Crippen molar-refractivity contribution >= 4 is 6.29 Å². The molecule has 0 bridgehead atoms. The van der Waals surface area contributed by atoms with Crippen molar-refractivity contribution < 1.29 is 14.6 Å². The van der Waals surface area contributed by atoms with Crippen LogP contribution < -0.4 is 4.74 Å². The fourth-order valence-electron chi connectivity index (χ4n) is 1.97. The third kappa shape index (κ3) is 6.27. The molecular weight excluding hydrogens is 240 g/mol. The van der Waals surface area contributed by atoms with Crippen LogP contribution >= 0.6 is 0 Å². The zero-order valence-corrected chi connectivity index (χ0v) is 11.7. The summed E-state index contributed by atoms with van der Waals surface area (Å²) in [5.41, 5.74) is 0.275. The average molecular weight is 264 g/mol. The summed E-state index contributed by atoms with van der Waals surface area (Å²) in [5, 5.41) is 9.36. The number of hydrogen-bond acceptors (Lipinski definition) is 3. The molecule has 0 heterocycles. The van der Waals surface area contributed by atoms with E-state index in [1.54, 1.807) is 12.1 Å². The molecule has 0 aliphatic rings. The topological polar surface area (TPSA) is 46.5 Å². The molecule has 0 saturated heterocycles. The number of carbonyl (C=O) groups is 1.